The summed E-state index contributed by atoms with van der Waals surface area (Å²) in [6.07, 6.45) is 13.6. The van der Waals surface area contributed by atoms with Crippen LogP contribution in [-0.4, -0.2) is 0 Å². The molecule has 0 aromatic rings. The van der Waals surface area contributed by atoms with Crippen LogP contribution >= 0.6 is 0 Å². The molecule has 2 rings (SSSR count). The Morgan fingerprint density at radius 3 is 1.41 bits per heavy atom. The summed E-state index contributed by atoms with van der Waals surface area (Å²) < 4.78 is 0. The van der Waals surface area contributed by atoms with Crippen molar-refractivity contribution in [3.63, 3.8) is 0 Å². The van der Waals surface area contributed by atoms with Gasteiger partial charge in [0.25, 0.3) is 0 Å². The van der Waals surface area contributed by atoms with Crippen LogP contribution < -0.4 is 0 Å². The van der Waals surface area contributed by atoms with Crippen molar-refractivity contribution in [1.82, 2.24) is 0 Å². The second kappa shape index (κ2) is 12.0. The van der Waals surface area contributed by atoms with Crippen molar-refractivity contribution < 1.29 is 0 Å². The molecule has 0 atom stereocenters. The number of nitrogens with zero attached hydrogens (tertiary/aromatic N) is 1. The molecule has 2 saturated carbocycles. The first-order valence-corrected chi connectivity index (χ1v) is 7.72. The Morgan fingerprint density at radius 1 is 0.765 bits per heavy atom. The zero-order valence-corrected chi connectivity index (χ0v) is 12.2. The molecule has 1 heteroatoms. The molecule has 0 aromatic heterocycles. The number of hydrogen-bond donors (Lipinski definition) is 0. The lowest BCUT2D eigenvalue weighted by Crippen LogP contribution is -2.02. The number of rotatable bonds is 0. The average Bonchev–Trinajstić information content (AvgIpc) is 2.43. The van der Waals surface area contributed by atoms with Crippen LogP contribution in [0.5, 0.6) is 0 Å². The highest BCUT2D eigenvalue weighted by Crippen LogP contribution is 2.22. The first kappa shape index (κ1) is 16.5. The van der Waals surface area contributed by atoms with E-state index in [1.165, 1.54) is 51.4 Å². The van der Waals surface area contributed by atoms with Crippen LogP contribution in [0.25, 0.3) is 0 Å². The Bertz CT molecular complexity index is 180. The molecule has 2 fully saturated rings. The van der Waals surface area contributed by atoms with Gasteiger partial charge in [-0.3, -0.25) is 0 Å². The molecule has 0 spiro atoms. The summed E-state index contributed by atoms with van der Waals surface area (Å²) in [6.45, 7) is 6.36. The second-order valence-corrected chi connectivity index (χ2v) is 5.21. The molecule has 0 N–H and O–H groups in total. The van der Waals surface area contributed by atoms with E-state index in [4.69, 9.17) is 5.26 Å². The topological polar surface area (TPSA) is 23.8 Å². The largest absolute Gasteiger partial charge is 0.198 e. The van der Waals surface area contributed by atoms with E-state index >= 15 is 0 Å². The van der Waals surface area contributed by atoms with Crippen molar-refractivity contribution in [2.45, 2.75) is 85.0 Å². The molecule has 0 radical (unpaired) electrons. The molecule has 1 nitrogen and oxygen atoms in total. The van der Waals surface area contributed by atoms with Gasteiger partial charge in [-0.2, -0.15) is 5.26 Å². The standard InChI is InChI=1S/C7H11N.C7H14.C2H6/c8-6-7-4-2-1-3-5-7;1-7-5-3-2-4-6-7;1-2/h7H,1-5H2;7H,2-6H2,1H3;1-2H3. The zero-order valence-electron chi connectivity index (χ0n) is 12.2. The van der Waals surface area contributed by atoms with Crippen molar-refractivity contribution in [3.05, 3.63) is 0 Å². The van der Waals surface area contributed by atoms with Crippen molar-refractivity contribution in [1.29, 1.82) is 5.26 Å². The first-order valence-electron chi connectivity index (χ1n) is 7.72. The van der Waals surface area contributed by atoms with Crippen LogP contribution in [0.1, 0.15) is 85.0 Å². The maximum absolute atomic E-state index is 8.44. The van der Waals surface area contributed by atoms with Gasteiger partial charge in [0.2, 0.25) is 0 Å². The van der Waals surface area contributed by atoms with Crippen molar-refractivity contribution in [2.24, 2.45) is 11.8 Å². The second-order valence-electron chi connectivity index (χ2n) is 5.21. The summed E-state index contributed by atoms with van der Waals surface area (Å²) in [4.78, 5) is 0. The van der Waals surface area contributed by atoms with Crippen molar-refractivity contribution in [3.8, 4) is 6.07 Å². The van der Waals surface area contributed by atoms with Gasteiger partial charge in [0, 0.05) is 5.92 Å². The predicted molar refractivity (Wildman–Crippen MR) is 75.8 cm³/mol. The minimum absolute atomic E-state index is 0.392. The minimum Gasteiger partial charge on any atom is -0.198 e. The predicted octanol–water partition coefficient (Wildman–Crippen LogP) is 5.70. The molecule has 0 aromatic carbocycles. The van der Waals surface area contributed by atoms with Crippen LogP contribution in [0, 0.1) is 23.2 Å². The van der Waals surface area contributed by atoms with Gasteiger partial charge in [-0.1, -0.05) is 72.1 Å². The third-order valence-electron chi connectivity index (χ3n) is 3.68. The summed E-state index contributed by atoms with van der Waals surface area (Å²) in [7, 11) is 0. The Balaban J connectivity index is 0.000000265. The van der Waals surface area contributed by atoms with E-state index in [1.54, 1.807) is 0 Å². The molecule has 100 valence electrons. The molecule has 0 amide bonds. The van der Waals surface area contributed by atoms with Gasteiger partial charge in [-0.15, -0.1) is 0 Å². The molecular weight excluding hydrogens is 206 g/mol. The van der Waals surface area contributed by atoms with Gasteiger partial charge in [0.05, 0.1) is 6.07 Å². The highest BCUT2D eigenvalue weighted by atomic mass is 14.3. The average molecular weight is 237 g/mol. The molecular formula is C16H31N. The fraction of sp³-hybridized carbons (Fsp3) is 0.938. The maximum atomic E-state index is 8.44. The lowest BCUT2D eigenvalue weighted by atomic mass is 9.91. The molecule has 0 bridgehead atoms. The summed E-state index contributed by atoms with van der Waals surface area (Å²) >= 11 is 0. The molecule has 17 heavy (non-hydrogen) atoms. The van der Waals surface area contributed by atoms with Gasteiger partial charge >= 0.3 is 0 Å². The Morgan fingerprint density at radius 2 is 1.18 bits per heavy atom. The van der Waals surface area contributed by atoms with Crippen LogP contribution in [0.2, 0.25) is 0 Å². The highest BCUT2D eigenvalue weighted by Gasteiger charge is 2.10. The first-order chi connectivity index (χ1) is 8.33. The maximum Gasteiger partial charge on any atom is 0.0655 e. The lowest BCUT2D eigenvalue weighted by molar-refractivity contribution is 0.385. The third-order valence-corrected chi connectivity index (χ3v) is 3.68. The molecule has 0 saturated heterocycles. The number of hydrogen-bond acceptors (Lipinski definition) is 1. The Labute approximate surface area is 109 Å². The van der Waals surface area contributed by atoms with Crippen LogP contribution in [0.15, 0.2) is 0 Å². The van der Waals surface area contributed by atoms with E-state index < -0.39 is 0 Å². The Hall–Kier alpha value is -0.510. The summed E-state index contributed by atoms with van der Waals surface area (Å²) in [5.74, 6) is 1.43. The quantitative estimate of drug-likeness (QED) is 0.530. The molecule has 2 aliphatic rings. The van der Waals surface area contributed by atoms with Crippen molar-refractivity contribution in [2.75, 3.05) is 0 Å². The van der Waals surface area contributed by atoms with Crippen LogP contribution in [-0.2, 0) is 0 Å². The van der Waals surface area contributed by atoms with E-state index in [-0.39, 0.29) is 0 Å². The van der Waals surface area contributed by atoms with Gasteiger partial charge < -0.3 is 0 Å². The van der Waals surface area contributed by atoms with Gasteiger partial charge in [0.15, 0.2) is 0 Å². The Kier molecular flexibility index (Phi) is 11.6. The smallest absolute Gasteiger partial charge is 0.0655 e. The third kappa shape index (κ3) is 9.22. The summed E-state index contributed by atoms with van der Waals surface area (Å²) in [6, 6.07) is 2.30. The van der Waals surface area contributed by atoms with Gasteiger partial charge in [0.1, 0.15) is 0 Å². The van der Waals surface area contributed by atoms with Gasteiger partial charge in [-0.05, 0) is 18.8 Å². The van der Waals surface area contributed by atoms with E-state index in [9.17, 15) is 0 Å². The fourth-order valence-corrected chi connectivity index (χ4v) is 2.54. The number of nitriles is 1. The SMILES string of the molecule is CC.CC1CCCCC1.N#CC1CCCCC1. The highest BCUT2D eigenvalue weighted by molar-refractivity contribution is 4.84. The minimum atomic E-state index is 0.392. The van der Waals surface area contributed by atoms with E-state index in [0.717, 1.165) is 18.8 Å². The summed E-state index contributed by atoms with van der Waals surface area (Å²) in [5, 5.41) is 8.44. The zero-order chi connectivity index (χ0) is 12.9. The van der Waals surface area contributed by atoms with E-state index in [2.05, 4.69) is 13.0 Å². The molecule has 0 aliphatic heterocycles. The van der Waals surface area contributed by atoms with Crippen molar-refractivity contribution >= 4 is 0 Å². The van der Waals surface area contributed by atoms with E-state index in [1.807, 2.05) is 13.8 Å². The van der Waals surface area contributed by atoms with E-state index in [0.29, 0.717) is 5.92 Å². The van der Waals surface area contributed by atoms with Crippen LogP contribution in [0.4, 0.5) is 0 Å². The molecule has 2 aliphatic carbocycles. The molecule has 0 unspecified atom stereocenters. The fourth-order valence-electron chi connectivity index (χ4n) is 2.54. The lowest BCUT2D eigenvalue weighted by Gasteiger charge is -2.15. The summed E-state index contributed by atoms with van der Waals surface area (Å²) in [5.41, 5.74) is 0. The van der Waals surface area contributed by atoms with Gasteiger partial charge in [-0.25, -0.2) is 0 Å². The monoisotopic (exact) mass is 237 g/mol. The normalized spacial score (nSPS) is 21.3. The molecule has 0 heterocycles. The van der Waals surface area contributed by atoms with Crippen LogP contribution in [0.3, 0.4) is 0 Å².